The molecule has 1 unspecified atom stereocenters. The summed E-state index contributed by atoms with van der Waals surface area (Å²) in [6.07, 6.45) is 0. The standard InChI is InChI=1S/C15H14Cl2INO/c1-19-15(9-3-5-13(18)11(16)7-9)10-4-6-14(20-2)12(17)8-10/h3-8,15,19H,1-2H3. The summed E-state index contributed by atoms with van der Waals surface area (Å²) in [6.45, 7) is 0. The summed E-state index contributed by atoms with van der Waals surface area (Å²) < 4.78 is 6.22. The molecule has 2 aromatic carbocycles. The van der Waals surface area contributed by atoms with Gasteiger partial charge in [-0.2, -0.15) is 0 Å². The topological polar surface area (TPSA) is 21.3 Å². The van der Waals surface area contributed by atoms with Crippen LogP contribution in [0.25, 0.3) is 0 Å². The summed E-state index contributed by atoms with van der Waals surface area (Å²) in [5, 5.41) is 4.64. The van der Waals surface area contributed by atoms with Crippen molar-refractivity contribution in [3.63, 3.8) is 0 Å². The smallest absolute Gasteiger partial charge is 0.137 e. The Hall–Kier alpha value is -0.490. The van der Waals surface area contributed by atoms with Gasteiger partial charge in [0.1, 0.15) is 5.75 Å². The van der Waals surface area contributed by atoms with Crippen LogP contribution < -0.4 is 10.1 Å². The van der Waals surface area contributed by atoms with E-state index in [-0.39, 0.29) is 6.04 Å². The van der Waals surface area contributed by atoms with Crippen molar-refractivity contribution in [1.82, 2.24) is 5.32 Å². The molecule has 0 aromatic heterocycles. The van der Waals surface area contributed by atoms with Crippen LogP contribution in [0.4, 0.5) is 0 Å². The average molecular weight is 422 g/mol. The first-order chi connectivity index (χ1) is 9.56. The molecule has 2 nitrogen and oxygen atoms in total. The van der Waals surface area contributed by atoms with E-state index in [0.29, 0.717) is 10.8 Å². The predicted molar refractivity (Wildman–Crippen MR) is 93.1 cm³/mol. The number of hydrogen-bond acceptors (Lipinski definition) is 2. The van der Waals surface area contributed by atoms with Crippen molar-refractivity contribution >= 4 is 45.8 Å². The third-order valence-electron chi connectivity index (χ3n) is 3.07. The second kappa shape index (κ2) is 6.98. The quantitative estimate of drug-likeness (QED) is 0.707. The summed E-state index contributed by atoms with van der Waals surface area (Å²) in [6, 6.07) is 11.9. The molecule has 0 saturated heterocycles. The van der Waals surface area contributed by atoms with Gasteiger partial charge in [-0.15, -0.1) is 0 Å². The van der Waals surface area contributed by atoms with Crippen molar-refractivity contribution in [3.05, 3.63) is 61.1 Å². The van der Waals surface area contributed by atoms with E-state index in [1.165, 1.54) is 0 Å². The highest BCUT2D eigenvalue weighted by Crippen LogP contribution is 2.31. The summed E-state index contributed by atoms with van der Waals surface area (Å²) in [4.78, 5) is 0. The molecule has 0 saturated carbocycles. The van der Waals surface area contributed by atoms with Crippen molar-refractivity contribution in [1.29, 1.82) is 0 Å². The van der Waals surface area contributed by atoms with Crippen LogP contribution in [0.1, 0.15) is 17.2 Å². The van der Waals surface area contributed by atoms with Crippen molar-refractivity contribution < 1.29 is 4.74 Å². The molecule has 0 aliphatic carbocycles. The summed E-state index contributed by atoms with van der Waals surface area (Å²) in [5.74, 6) is 0.672. The van der Waals surface area contributed by atoms with Gasteiger partial charge in [0.15, 0.2) is 0 Å². The maximum atomic E-state index is 6.20. The highest BCUT2D eigenvalue weighted by Gasteiger charge is 2.15. The van der Waals surface area contributed by atoms with E-state index in [9.17, 15) is 0 Å². The Morgan fingerprint density at radius 3 is 2.15 bits per heavy atom. The summed E-state index contributed by atoms with van der Waals surface area (Å²) >= 11 is 14.6. The number of rotatable bonds is 4. The molecular formula is C15H14Cl2INO. The Bertz CT molecular complexity index is 619. The molecule has 1 atom stereocenters. The van der Waals surface area contributed by atoms with Gasteiger partial charge in [-0.25, -0.2) is 0 Å². The molecule has 5 heteroatoms. The lowest BCUT2D eigenvalue weighted by Gasteiger charge is -2.18. The van der Waals surface area contributed by atoms with E-state index in [4.69, 9.17) is 27.9 Å². The second-order valence-electron chi connectivity index (χ2n) is 4.29. The van der Waals surface area contributed by atoms with Gasteiger partial charge in [0.05, 0.1) is 23.2 Å². The average Bonchev–Trinajstić information content (AvgIpc) is 2.44. The molecule has 0 amide bonds. The zero-order valence-electron chi connectivity index (χ0n) is 11.1. The molecule has 0 heterocycles. The van der Waals surface area contributed by atoms with Crippen LogP contribution in [0.5, 0.6) is 5.75 Å². The fourth-order valence-corrected chi connectivity index (χ4v) is 2.87. The number of ether oxygens (including phenoxy) is 1. The number of hydrogen-bond donors (Lipinski definition) is 1. The second-order valence-corrected chi connectivity index (χ2v) is 6.27. The maximum Gasteiger partial charge on any atom is 0.137 e. The zero-order valence-corrected chi connectivity index (χ0v) is 14.8. The Kier molecular flexibility index (Phi) is 5.55. The van der Waals surface area contributed by atoms with E-state index in [0.717, 1.165) is 19.7 Å². The van der Waals surface area contributed by atoms with E-state index in [2.05, 4.69) is 34.0 Å². The minimum absolute atomic E-state index is 0.0351. The minimum atomic E-state index is 0.0351. The Labute approximate surface area is 142 Å². The fraction of sp³-hybridized carbons (Fsp3) is 0.200. The van der Waals surface area contributed by atoms with Gasteiger partial charge in [-0.1, -0.05) is 35.3 Å². The highest BCUT2D eigenvalue weighted by molar-refractivity contribution is 14.1. The molecule has 0 spiro atoms. The van der Waals surface area contributed by atoms with E-state index >= 15 is 0 Å². The highest BCUT2D eigenvalue weighted by atomic mass is 127. The fourth-order valence-electron chi connectivity index (χ4n) is 2.08. The largest absolute Gasteiger partial charge is 0.495 e. The first-order valence-corrected chi connectivity index (χ1v) is 7.86. The molecule has 1 N–H and O–H groups in total. The predicted octanol–water partition coefficient (Wildman–Crippen LogP) is 4.92. The minimum Gasteiger partial charge on any atom is -0.495 e. The van der Waals surface area contributed by atoms with Crippen LogP contribution in [-0.2, 0) is 0 Å². The van der Waals surface area contributed by atoms with Gasteiger partial charge < -0.3 is 10.1 Å². The molecule has 0 bridgehead atoms. The first kappa shape index (κ1) is 15.9. The van der Waals surface area contributed by atoms with Crippen molar-refractivity contribution in [3.8, 4) is 5.75 Å². The van der Waals surface area contributed by atoms with Crippen molar-refractivity contribution in [2.24, 2.45) is 0 Å². The van der Waals surface area contributed by atoms with Gasteiger partial charge in [0.25, 0.3) is 0 Å². The van der Waals surface area contributed by atoms with Gasteiger partial charge >= 0.3 is 0 Å². The zero-order chi connectivity index (χ0) is 14.7. The number of benzene rings is 2. The summed E-state index contributed by atoms with van der Waals surface area (Å²) in [7, 11) is 3.52. The molecule has 0 aliphatic rings. The first-order valence-electron chi connectivity index (χ1n) is 6.02. The molecule has 2 rings (SSSR count). The van der Waals surface area contributed by atoms with E-state index in [1.54, 1.807) is 7.11 Å². The monoisotopic (exact) mass is 421 g/mol. The molecule has 0 radical (unpaired) electrons. The molecule has 20 heavy (non-hydrogen) atoms. The van der Waals surface area contributed by atoms with Gasteiger partial charge in [0, 0.05) is 3.57 Å². The SMILES string of the molecule is CNC(c1ccc(I)c(Cl)c1)c1ccc(OC)c(Cl)c1. The lowest BCUT2D eigenvalue weighted by atomic mass is 9.99. The summed E-state index contributed by atoms with van der Waals surface area (Å²) in [5.41, 5.74) is 2.16. The van der Waals surface area contributed by atoms with Crippen molar-refractivity contribution in [2.45, 2.75) is 6.04 Å². The van der Waals surface area contributed by atoms with Gasteiger partial charge in [-0.05, 0) is 65.0 Å². The number of nitrogens with one attached hydrogen (secondary N) is 1. The number of halogens is 3. The van der Waals surface area contributed by atoms with Crippen molar-refractivity contribution in [2.75, 3.05) is 14.2 Å². The number of methoxy groups -OCH3 is 1. The van der Waals surface area contributed by atoms with Crippen LogP contribution >= 0.6 is 45.8 Å². The van der Waals surface area contributed by atoms with Crippen LogP contribution in [0.2, 0.25) is 10.0 Å². The van der Waals surface area contributed by atoms with E-state index < -0.39 is 0 Å². The third kappa shape index (κ3) is 3.39. The Balaban J connectivity index is 2.41. The van der Waals surface area contributed by atoms with Crippen LogP contribution in [0.15, 0.2) is 36.4 Å². The lowest BCUT2D eigenvalue weighted by molar-refractivity contribution is 0.414. The van der Waals surface area contributed by atoms with Gasteiger partial charge in [-0.3, -0.25) is 0 Å². The van der Waals surface area contributed by atoms with Crippen LogP contribution in [0, 0.1) is 3.57 Å². The Morgan fingerprint density at radius 2 is 1.65 bits per heavy atom. The van der Waals surface area contributed by atoms with Crippen LogP contribution in [0.3, 0.4) is 0 Å². The van der Waals surface area contributed by atoms with E-state index in [1.807, 2.05) is 37.4 Å². The molecule has 0 fully saturated rings. The molecule has 0 aliphatic heterocycles. The Morgan fingerprint density at radius 1 is 1.05 bits per heavy atom. The maximum absolute atomic E-state index is 6.20. The van der Waals surface area contributed by atoms with Gasteiger partial charge in [0.2, 0.25) is 0 Å². The lowest BCUT2D eigenvalue weighted by Crippen LogP contribution is -2.17. The molecule has 2 aromatic rings. The molecule has 106 valence electrons. The van der Waals surface area contributed by atoms with Crippen LogP contribution in [-0.4, -0.2) is 14.2 Å². The normalized spacial score (nSPS) is 12.2. The molecular weight excluding hydrogens is 408 g/mol. The third-order valence-corrected chi connectivity index (χ3v) is 4.94.